The molecule has 7 heteroatoms. The number of fused-ring (bicyclic) bond motifs is 2. The first-order valence-electron chi connectivity index (χ1n) is 7.96. The highest BCUT2D eigenvalue weighted by Gasteiger charge is 2.21. The van der Waals surface area contributed by atoms with Gasteiger partial charge in [0.05, 0.1) is 4.90 Å². The number of hydrogen-bond acceptors (Lipinski definition) is 4. The number of para-hydroxylation sites is 3. The number of nitrogens with zero attached hydrogens (tertiary/aromatic N) is 2. The molecule has 26 heavy (non-hydrogen) atoms. The van der Waals surface area contributed by atoms with Crippen LogP contribution in [0.15, 0.2) is 71.6 Å². The standard InChI is InChI=1S/C19H15N3O3S/c1-13-9-11-14(12-10-13)26(24,25)21-17-7-4-6-16-19(17)22(23)18-8-3-2-5-15(18)20-16/h2-12,21H,1H3. The molecule has 0 saturated carbocycles. The second-order valence-electron chi connectivity index (χ2n) is 5.99. The lowest BCUT2D eigenvalue weighted by Crippen LogP contribution is -2.30. The van der Waals surface area contributed by atoms with Crippen LogP contribution in [0.4, 0.5) is 5.69 Å². The maximum atomic E-state index is 12.8. The molecule has 0 fully saturated rings. The average Bonchev–Trinajstić information content (AvgIpc) is 2.62. The van der Waals surface area contributed by atoms with E-state index in [0.717, 1.165) is 5.56 Å². The van der Waals surface area contributed by atoms with Crippen LogP contribution in [-0.4, -0.2) is 13.4 Å². The Hall–Kier alpha value is -3.19. The first-order chi connectivity index (χ1) is 12.5. The predicted molar refractivity (Wildman–Crippen MR) is 100 cm³/mol. The van der Waals surface area contributed by atoms with Gasteiger partial charge in [0.15, 0.2) is 0 Å². The molecule has 0 amide bonds. The Kier molecular flexibility index (Phi) is 3.73. The fourth-order valence-corrected chi connectivity index (χ4v) is 3.89. The van der Waals surface area contributed by atoms with Gasteiger partial charge in [-0.15, -0.1) is 0 Å². The minimum atomic E-state index is -3.82. The minimum absolute atomic E-state index is 0.131. The molecular weight excluding hydrogens is 350 g/mol. The van der Waals surface area contributed by atoms with Crippen LogP contribution in [0.1, 0.15) is 5.56 Å². The molecule has 0 aliphatic rings. The van der Waals surface area contributed by atoms with Gasteiger partial charge in [0.2, 0.25) is 5.52 Å². The summed E-state index contributed by atoms with van der Waals surface area (Å²) < 4.78 is 28.6. The third kappa shape index (κ3) is 2.72. The second-order valence-corrected chi connectivity index (χ2v) is 7.67. The van der Waals surface area contributed by atoms with Gasteiger partial charge in [-0.05, 0) is 37.3 Å². The Balaban J connectivity index is 1.89. The topological polar surface area (TPSA) is 86.0 Å². The van der Waals surface area contributed by atoms with Crippen molar-refractivity contribution in [2.45, 2.75) is 11.8 Å². The lowest BCUT2D eigenvalue weighted by atomic mass is 10.2. The highest BCUT2D eigenvalue weighted by Crippen LogP contribution is 2.24. The fraction of sp³-hybridized carbons (Fsp3) is 0.0526. The molecular formula is C19H15N3O3S. The van der Waals surface area contributed by atoms with Crippen molar-refractivity contribution in [1.82, 2.24) is 4.98 Å². The van der Waals surface area contributed by atoms with Gasteiger partial charge in [0.25, 0.3) is 15.5 Å². The largest absolute Gasteiger partial charge is 0.618 e. The van der Waals surface area contributed by atoms with Gasteiger partial charge in [0, 0.05) is 6.07 Å². The Morgan fingerprint density at radius 2 is 1.62 bits per heavy atom. The first kappa shape index (κ1) is 16.3. The monoisotopic (exact) mass is 365 g/mol. The third-order valence-corrected chi connectivity index (χ3v) is 5.52. The molecule has 0 unspecified atom stereocenters. The molecule has 0 bridgehead atoms. The smallest absolute Gasteiger partial charge is 0.267 e. The molecule has 4 aromatic rings. The normalized spacial score (nSPS) is 11.7. The lowest BCUT2D eigenvalue weighted by Gasteiger charge is -2.11. The molecule has 1 aromatic heterocycles. The zero-order valence-corrected chi connectivity index (χ0v) is 14.7. The maximum Gasteiger partial charge on any atom is 0.267 e. The molecule has 0 aliphatic heterocycles. The van der Waals surface area contributed by atoms with Crippen LogP contribution in [0, 0.1) is 12.1 Å². The van der Waals surface area contributed by atoms with E-state index >= 15 is 0 Å². The second kappa shape index (κ2) is 5.96. The van der Waals surface area contributed by atoms with Gasteiger partial charge >= 0.3 is 0 Å². The number of nitrogens with one attached hydrogen (secondary N) is 1. The van der Waals surface area contributed by atoms with E-state index in [-0.39, 0.29) is 16.1 Å². The lowest BCUT2D eigenvalue weighted by molar-refractivity contribution is -0.547. The molecule has 0 radical (unpaired) electrons. The van der Waals surface area contributed by atoms with E-state index in [1.807, 2.05) is 6.92 Å². The van der Waals surface area contributed by atoms with Crippen molar-refractivity contribution in [2.75, 3.05) is 4.72 Å². The van der Waals surface area contributed by atoms with E-state index in [1.54, 1.807) is 54.6 Å². The van der Waals surface area contributed by atoms with Crippen molar-refractivity contribution in [3.63, 3.8) is 0 Å². The summed E-state index contributed by atoms with van der Waals surface area (Å²) in [5.74, 6) is 0. The molecule has 3 aromatic carbocycles. The third-order valence-electron chi connectivity index (χ3n) is 4.13. The molecule has 0 aliphatic carbocycles. The zero-order chi connectivity index (χ0) is 18.3. The Morgan fingerprint density at radius 1 is 0.923 bits per heavy atom. The average molecular weight is 365 g/mol. The maximum absolute atomic E-state index is 12.8. The Morgan fingerprint density at radius 3 is 2.38 bits per heavy atom. The molecule has 130 valence electrons. The summed E-state index contributed by atoms with van der Waals surface area (Å²) in [5, 5.41) is 12.8. The number of aromatic nitrogens is 2. The molecule has 0 saturated heterocycles. The Bertz CT molecular complexity index is 1240. The van der Waals surface area contributed by atoms with Crippen LogP contribution in [0.2, 0.25) is 0 Å². The van der Waals surface area contributed by atoms with Gasteiger partial charge < -0.3 is 5.21 Å². The van der Waals surface area contributed by atoms with Gasteiger partial charge in [-0.25, -0.2) is 13.4 Å². The number of sulfonamides is 1. The summed E-state index contributed by atoms with van der Waals surface area (Å²) >= 11 is 0. The summed E-state index contributed by atoms with van der Waals surface area (Å²) in [6.45, 7) is 1.88. The summed E-state index contributed by atoms with van der Waals surface area (Å²) in [6, 6.07) is 18.3. The number of rotatable bonds is 3. The van der Waals surface area contributed by atoms with Gasteiger partial charge in [-0.1, -0.05) is 35.9 Å². The van der Waals surface area contributed by atoms with Crippen LogP contribution < -0.4 is 9.45 Å². The van der Waals surface area contributed by atoms with Gasteiger partial charge in [0.1, 0.15) is 16.7 Å². The van der Waals surface area contributed by atoms with E-state index in [0.29, 0.717) is 21.3 Å². The van der Waals surface area contributed by atoms with Crippen molar-refractivity contribution < 1.29 is 13.1 Å². The number of aryl methyl sites for hydroxylation is 1. The van der Waals surface area contributed by atoms with Crippen LogP contribution >= 0.6 is 0 Å². The molecule has 0 spiro atoms. The van der Waals surface area contributed by atoms with Crippen LogP contribution in [0.5, 0.6) is 0 Å². The Labute approximate surface area is 150 Å². The summed E-state index contributed by atoms with van der Waals surface area (Å²) in [7, 11) is -3.82. The molecule has 1 heterocycles. The van der Waals surface area contributed by atoms with E-state index in [4.69, 9.17) is 0 Å². The number of anilines is 1. The van der Waals surface area contributed by atoms with Crippen molar-refractivity contribution >= 4 is 37.8 Å². The van der Waals surface area contributed by atoms with E-state index < -0.39 is 10.0 Å². The van der Waals surface area contributed by atoms with E-state index in [1.165, 1.54) is 12.1 Å². The van der Waals surface area contributed by atoms with Crippen molar-refractivity contribution in [1.29, 1.82) is 0 Å². The van der Waals surface area contributed by atoms with Crippen molar-refractivity contribution in [3.05, 3.63) is 77.5 Å². The highest BCUT2D eigenvalue weighted by atomic mass is 32.2. The van der Waals surface area contributed by atoms with E-state index in [9.17, 15) is 13.6 Å². The van der Waals surface area contributed by atoms with Gasteiger partial charge in [-0.2, -0.15) is 4.73 Å². The number of benzene rings is 3. The molecule has 6 nitrogen and oxygen atoms in total. The number of hydrogen-bond donors (Lipinski definition) is 1. The summed E-state index contributed by atoms with van der Waals surface area (Å²) in [6.07, 6.45) is 0. The van der Waals surface area contributed by atoms with Crippen LogP contribution in [0.25, 0.3) is 22.1 Å². The van der Waals surface area contributed by atoms with Gasteiger partial charge in [-0.3, -0.25) is 4.72 Å². The molecule has 4 rings (SSSR count). The fourth-order valence-electron chi connectivity index (χ4n) is 2.82. The minimum Gasteiger partial charge on any atom is -0.618 e. The zero-order valence-electron chi connectivity index (χ0n) is 13.9. The summed E-state index contributed by atoms with van der Waals surface area (Å²) in [4.78, 5) is 4.59. The SMILES string of the molecule is Cc1ccc(S(=O)(=O)Nc2cccc3nc4ccccc4[n+]([O-])c23)cc1. The van der Waals surface area contributed by atoms with Crippen LogP contribution in [0.3, 0.4) is 0 Å². The highest BCUT2D eigenvalue weighted by molar-refractivity contribution is 7.92. The summed E-state index contributed by atoms with van der Waals surface area (Å²) in [5.41, 5.74) is 2.68. The van der Waals surface area contributed by atoms with Crippen LogP contribution in [-0.2, 0) is 10.0 Å². The van der Waals surface area contributed by atoms with Crippen molar-refractivity contribution in [2.24, 2.45) is 0 Å². The van der Waals surface area contributed by atoms with E-state index in [2.05, 4.69) is 9.71 Å². The predicted octanol–water partition coefficient (Wildman–Crippen LogP) is 3.13. The first-order valence-corrected chi connectivity index (χ1v) is 9.44. The quantitative estimate of drug-likeness (QED) is 0.343. The van der Waals surface area contributed by atoms with Crippen molar-refractivity contribution in [3.8, 4) is 0 Å². The molecule has 1 N–H and O–H groups in total. The molecule has 0 atom stereocenters.